The third-order valence-electron chi connectivity index (χ3n) is 2.46. The zero-order valence-electron chi connectivity index (χ0n) is 8.85. The summed E-state index contributed by atoms with van der Waals surface area (Å²) in [7, 11) is 0. The number of aryl methyl sites for hydroxylation is 1. The van der Waals surface area contributed by atoms with Gasteiger partial charge in [0.2, 0.25) is 0 Å². The van der Waals surface area contributed by atoms with Crippen molar-refractivity contribution >= 4 is 11.9 Å². The van der Waals surface area contributed by atoms with Crippen LogP contribution in [-0.2, 0) is 0 Å². The van der Waals surface area contributed by atoms with Crippen molar-refractivity contribution in [1.29, 1.82) is 0 Å². The van der Waals surface area contributed by atoms with E-state index in [0.717, 1.165) is 17.8 Å². The molecular weight excluding hydrogens is 184 g/mol. The topological polar surface area (TPSA) is 25.2 Å². The molecule has 2 heteroatoms. The Hall–Kier alpha value is -1.70. The molecule has 1 aromatic rings. The SMILES string of the molecule is C=CC1C=C(c2cc(C)ccn2)N=CC1. The van der Waals surface area contributed by atoms with Gasteiger partial charge in [0.15, 0.2) is 0 Å². The van der Waals surface area contributed by atoms with Crippen LogP contribution in [0.25, 0.3) is 5.70 Å². The van der Waals surface area contributed by atoms with E-state index in [0.29, 0.717) is 5.92 Å². The lowest BCUT2D eigenvalue weighted by molar-refractivity contribution is 0.863. The minimum absolute atomic E-state index is 0.389. The fourth-order valence-electron chi connectivity index (χ4n) is 1.58. The number of hydrogen-bond donors (Lipinski definition) is 0. The van der Waals surface area contributed by atoms with Crippen molar-refractivity contribution in [3.63, 3.8) is 0 Å². The second-order valence-corrected chi connectivity index (χ2v) is 3.72. The minimum atomic E-state index is 0.389. The summed E-state index contributed by atoms with van der Waals surface area (Å²) < 4.78 is 0. The summed E-state index contributed by atoms with van der Waals surface area (Å²) in [5.41, 5.74) is 3.10. The Kier molecular flexibility index (Phi) is 2.77. The molecule has 1 unspecified atom stereocenters. The van der Waals surface area contributed by atoms with Crippen LogP contribution in [0.3, 0.4) is 0 Å². The largest absolute Gasteiger partial charge is 0.259 e. The Morgan fingerprint density at radius 3 is 3.13 bits per heavy atom. The van der Waals surface area contributed by atoms with Crippen LogP contribution in [-0.4, -0.2) is 11.2 Å². The lowest BCUT2D eigenvalue weighted by Gasteiger charge is -2.11. The van der Waals surface area contributed by atoms with Gasteiger partial charge >= 0.3 is 0 Å². The van der Waals surface area contributed by atoms with E-state index in [1.165, 1.54) is 5.56 Å². The molecule has 0 aliphatic carbocycles. The Balaban J connectivity index is 2.34. The molecule has 0 fully saturated rings. The van der Waals surface area contributed by atoms with Crippen molar-refractivity contribution in [2.75, 3.05) is 0 Å². The summed E-state index contributed by atoms with van der Waals surface area (Å²) in [6.45, 7) is 5.86. The highest BCUT2D eigenvalue weighted by Crippen LogP contribution is 2.22. The average molecular weight is 198 g/mol. The first-order valence-electron chi connectivity index (χ1n) is 5.09. The van der Waals surface area contributed by atoms with Gasteiger partial charge in [0, 0.05) is 18.3 Å². The highest BCUT2D eigenvalue weighted by Gasteiger charge is 2.09. The summed E-state index contributed by atoms with van der Waals surface area (Å²) in [6, 6.07) is 4.04. The molecule has 1 aromatic heterocycles. The molecule has 0 spiro atoms. The van der Waals surface area contributed by atoms with E-state index in [2.05, 4.69) is 35.6 Å². The number of aromatic nitrogens is 1. The smallest absolute Gasteiger partial charge is 0.0885 e. The molecule has 0 bridgehead atoms. The molecule has 1 atom stereocenters. The van der Waals surface area contributed by atoms with Gasteiger partial charge in [-0.15, -0.1) is 6.58 Å². The number of nitrogens with zero attached hydrogens (tertiary/aromatic N) is 2. The molecule has 1 aliphatic rings. The summed E-state index contributed by atoms with van der Waals surface area (Å²) in [5, 5.41) is 0. The van der Waals surface area contributed by atoms with Crippen molar-refractivity contribution in [3.05, 3.63) is 48.3 Å². The second-order valence-electron chi connectivity index (χ2n) is 3.72. The van der Waals surface area contributed by atoms with Gasteiger partial charge in [-0.05, 0) is 37.1 Å². The summed E-state index contributed by atoms with van der Waals surface area (Å²) >= 11 is 0. The zero-order chi connectivity index (χ0) is 10.7. The molecule has 0 saturated carbocycles. The van der Waals surface area contributed by atoms with Crippen molar-refractivity contribution in [2.45, 2.75) is 13.3 Å². The predicted octanol–water partition coefficient (Wildman–Crippen LogP) is 3.01. The van der Waals surface area contributed by atoms with Crippen molar-refractivity contribution in [1.82, 2.24) is 4.98 Å². The number of aliphatic imine (C=N–C) groups is 1. The van der Waals surface area contributed by atoms with E-state index >= 15 is 0 Å². The van der Waals surface area contributed by atoms with Gasteiger partial charge in [0.25, 0.3) is 0 Å². The minimum Gasteiger partial charge on any atom is -0.259 e. The summed E-state index contributed by atoms with van der Waals surface area (Å²) in [6.07, 6.45) is 8.76. The van der Waals surface area contributed by atoms with Crippen LogP contribution < -0.4 is 0 Å². The molecule has 1 aliphatic heterocycles. The molecule has 0 aromatic carbocycles. The average Bonchev–Trinajstić information content (AvgIpc) is 2.29. The van der Waals surface area contributed by atoms with Gasteiger partial charge in [0.1, 0.15) is 0 Å². The molecule has 0 amide bonds. The third kappa shape index (κ3) is 2.21. The van der Waals surface area contributed by atoms with E-state index in [4.69, 9.17) is 0 Å². The molecule has 0 radical (unpaired) electrons. The van der Waals surface area contributed by atoms with Gasteiger partial charge in [-0.25, -0.2) is 0 Å². The van der Waals surface area contributed by atoms with E-state index < -0.39 is 0 Å². The Labute approximate surface area is 90.1 Å². The first kappa shape index (κ1) is 9.84. The van der Waals surface area contributed by atoms with Crippen LogP contribution in [0.15, 0.2) is 42.1 Å². The van der Waals surface area contributed by atoms with Crippen molar-refractivity contribution in [3.8, 4) is 0 Å². The molecule has 2 rings (SSSR count). The molecule has 15 heavy (non-hydrogen) atoms. The highest BCUT2D eigenvalue weighted by molar-refractivity contribution is 5.76. The highest BCUT2D eigenvalue weighted by atomic mass is 14.8. The van der Waals surface area contributed by atoms with E-state index in [9.17, 15) is 0 Å². The van der Waals surface area contributed by atoms with Crippen LogP contribution in [0, 0.1) is 12.8 Å². The first-order chi connectivity index (χ1) is 7.29. The van der Waals surface area contributed by atoms with E-state index in [-0.39, 0.29) is 0 Å². The second kappa shape index (κ2) is 4.22. The molecule has 76 valence electrons. The van der Waals surface area contributed by atoms with Crippen LogP contribution in [0.1, 0.15) is 17.7 Å². The molecular formula is C13H14N2. The number of allylic oxidation sites excluding steroid dienone is 2. The quantitative estimate of drug-likeness (QED) is 0.670. The predicted molar refractivity (Wildman–Crippen MR) is 63.7 cm³/mol. The first-order valence-corrected chi connectivity index (χ1v) is 5.09. The standard InChI is InChI=1S/C13H14N2/c1-3-11-5-7-15-13(9-11)12-8-10(2)4-6-14-12/h3-4,6-9,11H,1,5H2,2H3. The number of rotatable bonds is 2. The molecule has 0 saturated heterocycles. The van der Waals surface area contributed by atoms with Gasteiger partial charge < -0.3 is 0 Å². The van der Waals surface area contributed by atoms with Crippen LogP contribution in [0.2, 0.25) is 0 Å². The fraction of sp³-hybridized carbons (Fsp3) is 0.231. The van der Waals surface area contributed by atoms with Gasteiger partial charge in [-0.2, -0.15) is 0 Å². The normalized spacial score (nSPS) is 19.8. The van der Waals surface area contributed by atoms with Gasteiger partial charge in [0.05, 0.1) is 11.4 Å². The molecule has 2 heterocycles. The monoisotopic (exact) mass is 198 g/mol. The number of hydrogen-bond acceptors (Lipinski definition) is 2. The summed E-state index contributed by atoms with van der Waals surface area (Å²) in [5.74, 6) is 0.389. The van der Waals surface area contributed by atoms with Crippen LogP contribution >= 0.6 is 0 Å². The van der Waals surface area contributed by atoms with Crippen molar-refractivity contribution < 1.29 is 0 Å². The fourth-order valence-corrected chi connectivity index (χ4v) is 1.58. The zero-order valence-corrected chi connectivity index (χ0v) is 8.85. The lowest BCUT2D eigenvalue weighted by atomic mass is 10.0. The van der Waals surface area contributed by atoms with Crippen molar-refractivity contribution in [2.24, 2.45) is 10.9 Å². The molecule has 0 N–H and O–H groups in total. The third-order valence-corrected chi connectivity index (χ3v) is 2.46. The Morgan fingerprint density at radius 2 is 2.40 bits per heavy atom. The Bertz CT molecular complexity index is 430. The van der Waals surface area contributed by atoms with Gasteiger partial charge in [-0.3, -0.25) is 9.98 Å². The Morgan fingerprint density at radius 1 is 1.53 bits per heavy atom. The molecule has 2 nitrogen and oxygen atoms in total. The van der Waals surface area contributed by atoms with Gasteiger partial charge in [-0.1, -0.05) is 6.08 Å². The van der Waals surface area contributed by atoms with E-state index in [1.807, 2.05) is 24.6 Å². The maximum absolute atomic E-state index is 4.36. The lowest BCUT2D eigenvalue weighted by Crippen LogP contribution is -2.01. The summed E-state index contributed by atoms with van der Waals surface area (Å²) in [4.78, 5) is 8.68. The van der Waals surface area contributed by atoms with E-state index in [1.54, 1.807) is 0 Å². The van der Waals surface area contributed by atoms with Crippen LogP contribution in [0.5, 0.6) is 0 Å². The maximum Gasteiger partial charge on any atom is 0.0885 e. The number of pyridine rings is 1. The maximum atomic E-state index is 4.36. The van der Waals surface area contributed by atoms with Crippen LogP contribution in [0.4, 0.5) is 0 Å².